The number of hydrogen-bond acceptors (Lipinski definition) is 5. The zero-order valence-corrected chi connectivity index (χ0v) is 10.9. The molecule has 1 atom stereocenters. The molecule has 0 radical (unpaired) electrons. The fourth-order valence-electron chi connectivity index (χ4n) is 1.84. The molecule has 0 aromatic carbocycles. The van der Waals surface area contributed by atoms with E-state index in [4.69, 9.17) is 0 Å². The van der Waals surface area contributed by atoms with Crippen molar-refractivity contribution in [2.75, 3.05) is 17.7 Å². The Hall–Kier alpha value is -2.11. The van der Waals surface area contributed by atoms with Crippen molar-refractivity contribution in [2.45, 2.75) is 26.4 Å². The molecule has 2 aromatic rings. The maximum atomic E-state index is 4.27. The normalized spacial score (nSPS) is 12.2. The highest BCUT2D eigenvalue weighted by Crippen LogP contribution is 2.18. The molecule has 6 nitrogen and oxygen atoms in total. The van der Waals surface area contributed by atoms with Crippen LogP contribution in [-0.2, 0) is 6.54 Å². The van der Waals surface area contributed by atoms with E-state index in [0.717, 1.165) is 23.7 Å². The van der Waals surface area contributed by atoms with Crippen LogP contribution in [-0.4, -0.2) is 32.6 Å². The maximum absolute atomic E-state index is 4.27. The molecule has 1 unspecified atom stereocenters. The van der Waals surface area contributed by atoms with Gasteiger partial charge >= 0.3 is 0 Å². The van der Waals surface area contributed by atoms with Crippen molar-refractivity contribution in [1.82, 2.24) is 19.5 Å². The van der Waals surface area contributed by atoms with E-state index in [1.165, 1.54) is 0 Å². The Morgan fingerprint density at radius 3 is 2.78 bits per heavy atom. The number of nitrogens with one attached hydrogen (secondary N) is 2. The van der Waals surface area contributed by atoms with Crippen molar-refractivity contribution in [2.24, 2.45) is 0 Å². The van der Waals surface area contributed by atoms with Gasteiger partial charge in [0.2, 0.25) is 0 Å². The van der Waals surface area contributed by atoms with E-state index in [9.17, 15) is 0 Å². The Morgan fingerprint density at radius 1 is 1.33 bits per heavy atom. The minimum atomic E-state index is 0.262. The lowest BCUT2D eigenvalue weighted by atomic mass is 10.2. The lowest BCUT2D eigenvalue weighted by Gasteiger charge is -2.17. The van der Waals surface area contributed by atoms with Crippen LogP contribution in [0.2, 0.25) is 0 Å². The number of rotatable bonds is 5. The molecule has 18 heavy (non-hydrogen) atoms. The average Bonchev–Trinajstić information content (AvgIpc) is 2.84. The van der Waals surface area contributed by atoms with Crippen LogP contribution in [0.4, 0.5) is 11.6 Å². The summed E-state index contributed by atoms with van der Waals surface area (Å²) in [5, 5.41) is 6.43. The minimum absolute atomic E-state index is 0.262. The van der Waals surface area contributed by atoms with E-state index in [2.05, 4.69) is 32.5 Å². The predicted molar refractivity (Wildman–Crippen MR) is 71.6 cm³/mol. The summed E-state index contributed by atoms with van der Waals surface area (Å²) in [5.41, 5.74) is 1.03. The Bertz CT molecular complexity index is 493. The minimum Gasteiger partial charge on any atom is -0.373 e. The molecular weight excluding hydrogens is 228 g/mol. The first kappa shape index (κ1) is 12.3. The molecular formula is C12H18N6. The SMILES string of the molecule is CNc1ncnc(NC(C)Cn2ccnc2)c1C. The first-order valence-corrected chi connectivity index (χ1v) is 5.92. The molecule has 0 aliphatic rings. The molecule has 96 valence electrons. The molecule has 0 bridgehead atoms. The summed E-state index contributed by atoms with van der Waals surface area (Å²) in [4.78, 5) is 12.5. The van der Waals surface area contributed by atoms with Gasteiger partial charge in [0.25, 0.3) is 0 Å². The highest BCUT2D eigenvalue weighted by molar-refractivity contribution is 5.56. The molecule has 0 amide bonds. The largest absolute Gasteiger partial charge is 0.373 e. The van der Waals surface area contributed by atoms with Crippen LogP contribution < -0.4 is 10.6 Å². The first-order chi connectivity index (χ1) is 8.70. The smallest absolute Gasteiger partial charge is 0.134 e. The van der Waals surface area contributed by atoms with Crippen LogP contribution >= 0.6 is 0 Å². The van der Waals surface area contributed by atoms with Crippen LogP contribution in [0.25, 0.3) is 0 Å². The number of aromatic nitrogens is 4. The van der Waals surface area contributed by atoms with Gasteiger partial charge in [0.05, 0.1) is 6.33 Å². The lowest BCUT2D eigenvalue weighted by Crippen LogP contribution is -2.22. The second kappa shape index (κ2) is 5.48. The van der Waals surface area contributed by atoms with Crippen LogP contribution in [0, 0.1) is 6.92 Å². The summed E-state index contributed by atoms with van der Waals surface area (Å²) in [6.45, 7) is 4.96. The number of anilines is 2. The predicted octanol–water partition coefficient (Wildman–Crippen LogP) is 1.52. The summed E-state index contributed by atoms with van der Waals surface area (Å²) in [5.74, 6) is 1.71. The van der Waals surface area contributed by atoms with Crippen molar-refractivity contribution < 1.29 is 0 Å². The summed E-state index contributed by atoms with van der Waals surface area (Å²) >= 11 is 0. The quantitative estimate of drug-likeness (QED) is 0.837. The van der Waals surface area contributed by atoms with Gasteiger partial charge in [-0.1, -0.05) is 0 Å². The maximum Gasteiger partial charge on any atom is 0.134 e. The van der Waals surface area contributed by atoms with E-state index in [-0.39, 0.29) is 6.04 Å². The highest BCUT2D eigenvalue weighted by atomic mass is 15.1. The van der Waals surface area contributed by atoms with Gasteiger partial charge in [-0.05, 0) is 13.8 Å². The van der Waals surface area contributed by atoms with Gasteiger partial charge in [0.15, 0.2) is 0 Å². The summed E-state index contributed by atoms with van der Waals surface area (Å²) in [7, 11) is 1.86. The van der Waals surface area contributed by atoms with Crippen molar-refractivity contribution in [1.29, 1.82) is 0 Å². The van der Waals surface area contributed by atoms with E-state index < -0.39 is 0 Å². The molecule has 0 saturated heterocycles. The summed E-state index contributed by atoms with van der Waals surface area (Å²) in [6, 6.07) is 0.262. The third-order valence-electron chi connectivity index (χ3n) is 2.75. The van der Waals surface area contributed by atoms with Gasteiger partial charge in [-0.25, -0.2) is 15.0 Å². The lowest BCUT2D eigenvalue weighted by molar-refractivity contribution is 0.616. The zero-order chi connectivity index (χ0) is 13.0. The van der Waals surface area contributed by atoms with E-state index in [1.807, 2.05) is 31.1 Å². The van der Waals surface area contributed by atoms with Gasteiger partial charge in [0, 0.05) is 37.6 Å². The molecule has 2 rings (SSSR count). The Balaban J connectivity index is 2.05. The van der Waals surface area contributed by atoms with Gasteiger partial charge in [-0.2, -0.15) is 0 Å². The molecule has 2 heterocycles. The second-order valence-corrected chi connectivity index (χ2v) is 4.25. The standard InChI is InChI=1S/C12H18N6/c1-9(6-18-5-4-14-8-18)17-12-10(2)11(13-3)15-7-16-12/h4-5,7-9H,6H2,1-3H3,(H2,13,15,16,17). The molecule has 0 aliphatic carbocycles. The van der Waals surface area contributed by atoms with Crippen molar-refractivity contribution in [3.63, 3.8) is 0 Å². The van der Waals surface area contributed by atoms with Crippen LogP contribution in [0.5, 0.6) is 0 Å². The first-order valence-electron chi connectivity index (χ1n) is 5.92. The number of nitrogens with zero attached hydrogens (tertiary/aromatic N) is 4. The molecule has 6 heteroatoms. The molecule has 0 fully saturated rings. The van der Waals surface area contributed by atoms with Crippen molar-refractivity contribution >= 4 is 11.6 Å². The number of hydrogen-bond donors (Lipinski definition) is 2. The van der Waals surface area contributed by atoms with Crippen molar-refractivity contribution in [3.05, 3.63) is 30.6 Å². The Kier molecular flexibility index (Phi) is 3.76. The summed E-state index contributed by atoms with van der Waals surface area (Å²) < 4.78 is 2.03. The second-order valence-electron chi connectivity index (χ2n) is 4.25. The van der Waals surface area contributed by atoms with Gasteiger partial charge < -0.3 is 15.2 Å². The highest BCUT2D eigenvalue weighted by Gasteiger charge is 2.09. The number of imidazole rings is 1. The Labute approximate surface area is 106 Å². The van der Waals surface area contributed by atoms with Crippen LogP contribution in [0.1, 0.15) is 12.5 Å². The summed E-state index contributed by atoms with van der Waals surface area (Å²) in [6.07, 6.45) is 7.10. The Morgan fingerprint density at radius 2 is 2.11 bits per heavy atom. The molecule has 2 N–H and O–H groups in total. The van der Waals surface area contributed by atoms with Crippen molar-refractivity contribution in [3.8, 4) is 0 Å². The fraction of sp³-hybridized carbons (Fsp3) is 0.417. The topological polar surface area (TPSA) is 67.7 Å². The zero-order valence-electron chi connectivity index (χ0n) is 10.9. The monoisotopic (exact) mass is 246 g/mol. The van der Waals surface area contributed by atoms with Gasteiger partial charge in [-0.15, -0.1) is 0 Å². The molecule has 0 aliphatic heterocycles. The van der Waals surface area contributed by atoms with E-state index in [0.29, 0.717) is 0 Å². The van der Waals surface area contributed by atoms with Gasteiger partial charge in [-0.3, -0.25) is 0 Å². The third kappa shape index (κ3) is 2.77. The fourth-order valence-corrected chi connectivity index (χ4v) is 1.84. The van der Waals surface area contributed by atoms with E-state index in [1.54, 1.807) is 12.5 Å². The average molecular weight is 246 g/mol. The molecule has 0 saturated carbocycles. The molecule has 2 aromatic heterocycles. The van der Waals surface area contributed by atoms with Crippen LogP contribution in [0.3, 0.4) is 0 Å². The van der Waals surface area contributed by atoms with E-state index >= 15 is 0 Å². The third-order valence-corrected chi connectivity index (χ3v) is 2.75. The van der Waals surface area contributed by atoms with Crippen LogP contribution in [0.15, 0.2) is 25.0 Å². The molecule has 0 spiro atoms. The van der Waals surface area contributed by atoms with Gasteiger partial charge in [0.1, 0.15) is 18.0 Å².